The number of hydrogen-bond acceptors (Lipinski definition) is 3. The Balaban J connectivity index is 1.45. The van der Waals surface area contributed by atoms with Gasteiger partial charge >= 0.3 is 0 Å². The van der Waals surface area contributed by atoms with Crippen LogP contribution < -0.4 is 0 Å². The molecule has 2 aliphatic heterocycles. The molecule has 27 heavy (non-hydrogen) atoms. The molecular weight excluding hydrogens is 350 g/mol. The predicted octanol–water partition coefficient (Wildman–Crippen LogP) is 2.71. The van der Waals surface area contributed by atoms with E-state index in [1.807, 2.05) is 17.8 Å². The Morgan fingerprint density at radius 3 is 2.74 bits per heavy atom. The zero-order valence-corrected chi connectivity index (χ0v) is 15.5. The summed E-state index contributed by atoms with van der Waals surface area (Å²) < 4.78 is 28.7. The van der Waals surface area contributed by atoms with E-state index in [-0.39, 0.29) is 11.3 Å². The van der Waals surface area contributed by atoms with E-state index in [1.54, 1.807) is 17.2 Å². The van der Waals surface area contributed by atoms with Gasteiger partial charge in [0.05, 0.1) is 12.0 Å². The van der Waals surface area contributed by atoms with Crippen LogP contribution in [0.4, 0.5) is 8.78 Å². The molecule has 144 valence electrons. The SMILES string of the molecule is Cn1ccnc1CN1CC[C@@]2(CCCN(Cc3ccc(F)c(F)c3)C2=O)C1. The Hall–Kier alpha value is -2.28. The summed E-state index contributed by atoms with van der Waals surface area (Å²) in [4.78, 5) is 21.7. The molecule has 5 nitrogen and oxygen atoms in total. The van der Waals surface area contributed by atoms with Crippen molar-refractivity contribution in [1.82, 2.24) is 19.4 Å². The summed E-state index contributed by atoms with van der Waals surface area (Å²) in [6, 6.07) is 3.86. The average Bonchev–Trinajstić information content (AvgIpc) is 3.23. The van der Waals surface area contributed by atoms with Crippen LogP contribution in [0.5, 0.6) is 0 Å². The van der Waals surface area contributed by atoms with Gasteiger partial charge in [-0.2, -0.15) is 0 Å². The lowest BCUT2D eigenvalue weighted by atomic mass is 9.78. The number of halogens is 2. The monoisotopic (exact) mass is 374 g/mol. The third-order valence-electron chi connectivity index (χ3n) is 5.90. The van der Waals surface area contributed by atoms with Gasteiger partial charge < -0.3 is 9.47 Å². The number of hydrogen-bond donors (Lipinski definition) is 0. The minimum atomic E-state index is -0.867. The summed E-state index contributed by atoms with van der Waals surface area (Å²) in [6.07, 6.45) is 6.38. The fraction of sp³-hybridized carbons (Fsp3) is 0.500. The second kappa shape index (κ2) is 7.03. The van der Waals surface area contributed by atoms with Gasteiger partial charge in [-0.1, -0.05) is 6.07 Å². The van der Waals surface area contributed by atoms with Crippen molar-refractivity contribution in [2.75, 3.05) is 19.6 Å². The average molecular weight is 374 g/mol. The molecule has 1 aromatic carbocycles. The normalized spacial score (nSPS) is 23.5. The topological polar surface area (TPSA) is 41.4 Å². The lowest BCUT2D eigenvalue weighted by molar-refractivity contribution is -0.146. The third-order valence-corrected chi connectivity index (χ3v) is 5.90. The Morgan fingerprint density at radius 2 is 2.00 bits per heavy atom. The highest BCUT2D eigenvalue weighted by Gasteiger charge is 2.48. The second-order valence-corrected chi connectivity index (χ2v) is 7.77. The van der Waals surface area contributed by atoms with Crippen molar-refractivity contribution >= 4 is 5.91 Å². The van der Waals surface area contributed by atoms with E-state index in [0.29, 0.717) is 18.7 Å². The molecule has 1 amide bonds. The highest BCUT2D eigenvalue weighted by atomic mass is 19.2. The van der Waals surface area contributed by atoms with Gasteiger partial charge in [0.1, 0.15) is 5.82 Å². The highest BCUT2D eigenvalue weighted by Crippen LogP contribution is 2.40. The minimum absolute atomic E-state index is 0.140. The number of imidazole rings is 1. The molecule has 2 fully saturated rings. The van der Waals surface area contributed by atoms with E-state index >= 15 is 0 Å². The molecule has 0 radical (unpaired) electrons. The van der Waals surface area contributed by atoms with Crippen LogP contribution in [0.3, 0.4) is 0 Å². The molecule has 7 heteroatoms. The van der Waals surface area contributed by atoms with Crippen molar-refractivity contribution in [2.24, 2.45) is 12.5 Å². The molecule has 2 aromatic rings. The molecular formula is C20H24F2N4O. The number of aryl methyl sites for hydroxylation is 1. The minimum Gasteiger partial charge on any atom is -0.338 e. The van der Waals surface area contributed by atoms with Gasteiger partial charge in [0, 0.05) is 39.1 Å². The molecule has 0 unspecified atom stereocenters. The van der Waals surface area contributed by atoms with Crippen molar-refractivity contribution in [1.29, 1.82) is 0 Å². The number of rotatable bonds is 4. The van der Waals surface area contributed by atoms with Crippen LogP contribution in [-0.4, -0.2) is 44.9 Å². The summed E-state index contributed by atoms with van der Waals surface area (Å²) >= 11 is 0. The molecule has 0 N–H and O–H groups in total. The summed E-state index contributed by atoms with van der Waals surface area (Å²) in [6.45, 7) is 3.34. The summed E-state index contributed by atoms with van der Waals surface area (Å²) in [7, 11) is 1.98. The van der Waals surface area contributed by atoms with Crippen LogP contribution in [0, 0.1) is 17.0 Å². The molecule has 2 aliphatic rings. The standard InChI is InChI=1S/C20H24F2N4O/c1-24-10-7-23-18(24)13-25-9-6-20(14-25)5-2-8-26(19(20)27)12-15-3-4-16(21)17(22)11-15/h3-4,7,10-11H,2,5-6,8-9,12-14H2,1H3/t20-/m0/s1. The van der Waals surface area contributed by atoms with Crippen LogP contribution >= 0.6 is 0 Å². The molecule has 4 rings (SSSR count). The summed E-state index contributed by atoms with van der Waals surface area (Å²) in [5.41, 5.74) is 0.268. The van der Waals surface area contributed by atoms with Crippen molar-refractivity contribution in [3.05, 3.63) is 53.6 Å². The largest absolute Gasteiger partial charge is 0.338 e. The maximum absolute atomic E-state index is 13.5. The van der Waals surface area contributed by atoms with Crippen molar-refractivity contribution in [3.8, 4) is 0 Å². The number of carbonyl (C=O) groups is 1. The van der Waals surface area contributed by atoms with Crippen LogP contribution in [-0.2, 0) is 24.9 Å². The number of aromatic nitrogens is 2. The number of amides is 1. The number of piperidine rings is 1. The van der Waals surface area contributed by atoms with Gasteiger partial charge in [-0.15, -0.1) is 0 Å². The van der Waals surface area contributed by atoms with Crippen LogP contribution in [0.1, 0.15) is 30.7 Å². The van der Waals surface area contributed by atoms with Crippen molar-refractivity contribution in [3.63, 3.8) is 0 Å². The van der Waals surface area contributed by atoms with E-state index in [4.69, 9.17) is 0 Å². The molecule has 2 saturated heterocycles. The fourth-order valence-corrected chi connectivity index (χ4v) is 4.38. The van der Waals surface area contributed by atoms with E-state index in [1.165, 1.54) is 6.07 Å². The summed E-state index contributed by atoms with van der Waals surface area (Å²) in [5, 5.41) is 0. The lowest BCUT2D eigenvalue weighted by Crippen LogP contribution is -2.49. The van der Waals surface area contributed by atoms with Gasteiger partial charge in [-0.05, 0) is 43.5 Å². The maximum Gasteiger partial charge on any atom is 0.230 e. The third kappa shape index (κ3) is 3.48. The molecule has 3 heterocycles. The molecule has 0 bridgehead atoms. The van der Waals surface area contributed by atoms with Crippen LogP contribution in [0.2, 0.25) is 0 Å². The molecule has 0 aliphatic carbocycles. The van der Waals surface area contributed by atoms with Gasteiger partial charge in [0.25, 0.3) is 0 Å². The Labute approximate surface area is 157 Å². The van der Waals surface area contributed by atoms with E-state index in [9.17, 15) is 13.6 Å². The molecule has 0 saturated carbocycles. The second-order valence-electron chi connectivity index (χ2n) is 7.77. The zero-order valence-electron chi connectivity index (χ0n) is 15.5. The van der Waals surface area contributed by atoms with E-state index in [2.05, 4.69) is 9.88 Å². The Kier molecular flexibility index (Phi) is 4.72. The van der Waals surface area contributed by atoms with Gasteiger partial charge in [0.2, 0.25) is 5.91 Å². The Bertz CT molecular complexity index is 852. The first kappa shape index (κ1) is 18.1. The van der Waals surface area contributed by atoms with Crippen molar-refractivity contribution in [2.45, 2.75) is 32.4 Å². The first-order chi connectivity index (χ1) is 13.0. The predicted molar refractivity (Wildman–Crippen MR) is 96.5 cm³/mol. The molecule has 1 atom stereocenters. The van der Waals surface area contributed by atoms with E-state index in [0.717, 1.165) is 50.8 Å². The smallest absolute Gasteiger partial charge is 0.230 e. The molecule has 1 aromatic heterocycles. The molecule has 1 spiro atoms. The maximum atomic E-state index is 13.5. The highest BCUT2D eigenvalue weighted by molar-refractivity contribution is 5.84. The zero-order chi connectivity index (χ0) is 19.0. The number of nitrogens with zero attached hydrogens (tertiary/aromatic N) is 4. The van der Waals surface area contributed by atoms with Crippen molar-refractivity contribution < 1.29 is 13.6 Å². The number of benzene rings is 1. The Morgan fingerprint density at radius 1 is 1.15 bits per heavy atom. The quantitative estimate of drug-likeness (QED) is 0.826. The first-order valence-corrected chi connectivity index (χ1v) is 9.39. The fourth-order valence-electron chi connectivity index (χ4n) is 4.38. The van der Waals surface area contributed by atoms with Crippen LogP contribution in [0.25, 0.3) is 0 Å². The van der Waals surface area contributed by atoms with Crippen LogP contribution in [0.15, 0.2) is 30.6 Å². The first-order valence-electron chi connectivity index (χ1n) is 9.39. The van der Waals surface area contributed by atoms with Gasteiger partial charge in [-0.3, -0.25) is 9.69 Å². The van der Waals surface area contributed by atoms with Gasteiger partial charge in [-0.25, -0.2) is 13.8 Å². The lowest BCUT2D eigenvalue weighted by Gasteiger charge is -2.39. The summed E-state index contributed by atoms with van der Waals surface area (Å²) in [5.74, 6) is -0.593. The number of carbonyl (C=O) groups excluding carboxylic acids is 1. The number of likely N-dealkylation sites (tertiary alicyclic amines) is 2. The van der Waals surface area contributed by atoms with Gasteiger partial charge in [0.15, 0.2) is 11.6 Å². The van der Waals surface area contributed by atoms with E-state index < -0.39 is 11.6 Å².